The maximum absolute atomic E-state index is 13.3. The molecule has 1 aliphatic rings. The molecule has 126 valence electrons. The Balaban J connectivity index is 2.09. The largest absolute Gasteiger partial charge is 0.244 e. The van der Waals surface area contributed by atoms with Crippen molar-refractivity contribution in [1.29, 1.82) is 0 Å². The molecule has 0 aromatic heterocycles. The standard InChI is InChI=1S/C20H23NO2S/c1-15-9-11-19(12-10-15)24(22,23)21-17(3)13-16(2)14-20(21)18-7-5-4-6-8-18/h4-13,17,20H,14H2,1-3H3/t17-,20-/m0/s1. The summed E-state index contributed by atoms with van der Waals surface area (Å²) < 4.78 is 28.2. The minimum absolute atomic E-state index is 0.169. The second-order valence-corrected chi connectivity index (χ2v) is 8.38. The maximum atomic E-state index is 13.3. The number of hydrogen-bond acceptors (Lipinski definition) is 2. The van der Waals surface area contributed by atoms with Crippen molar-refractivity contribution in [3.63, 3.8) is 0 Å². The summed E-state index contributed by atoms with van der Waals surface area (Å²) in [7, 11) is -3.56. The Hall–Kier alpha value is -1.91. The average molecular weight is 341 g/mol. The van der Waals surface area contributed by atoms with Gasteiger partial charge in [0, 0.05) is 6.04 Å². The van der Waals surface area contributed by atoms with Crippen LogP contribution in [0.1, 0.15) is 37.4 Å². The zero-order valence-electron chi connectivity index (χ0n) is 14.3. The molecular formula is C20H23NO2S. The van der Waals surface area contributed by atoms with Gasteiger partial charge in [-0.1, -0.05) is 59.7 Å². The Morgan fingerprint density at radius 2 is 1.58 bits per heavy atom. The minimum Gasteiger partial charge on any atom is -0.207 e. The topological polar surface area (TPSA) is 37.4 Å². The molecular weight excluding hydrogens is 318 g/mol. The SMILES string of the molecule is CC1=C[C@H](C)N(S(=O)(=O)c2ccc(C)cc2)[C@H](c2ccccc2)C1. The van der Waals surface area contributed by atoms with Gasteiger partial charge in [-0.3, -0.25) is 0 Å². The fraction of sp³-hybridized carbons (Fsp3) is 0.300. The third kappa shape index (κ3) is 3.17. The second kappa shape index (κ2) is 6.54. The van der Waals surface area contributed by atoms with Crippen LogP contribution in [0.2, 0.25) is 0 Å². The first kappa shape index (κ1) is 16.9. The molecule has 3 rings (SSSR count). The molecule has 0 spiro atoms. The van der Waals surface area contributed by atoms with Gasteiger partial charge in [0.2, 0.25) is 10.0 Å². The first-order valence-electron chi connectivity index (χ1n) is 8.22. The first-order chi connectivity index (χ1) is 11.4. The van der Waals surface area contributed by atoms with E-state index in [1.165, 1.54) is 5.57 Å². The van der Waals surface area contributed by atoms with Crippen molar-refractivity contribution in [1.82, 2.24) is 4.31 Å². The number of aryl methyl sites for hydroxylation is 1. The molecule has 0 N–H and O–H groups in total. The lowest BCUT2D eigenvalue weighted by molar-refractivity contribution is 0.276. The lowest BCUT2D eigenvalue weighted by Gasteiger charge is -2.38. The molecule has 0 radical (unpaired) electrons. The van der Waals surface area contributed by atoms with Gasteiger partial charge in [0.1, 0.15) is 0 Å². The normalized spacial score (nSPS) is 22.2. The van der Waals surface area contributed by atoms with Crippen LogP contribution >= 0.6 is 0 Å². The number of hydrogen-bond donors (Lipinski definition) is 0. The van der Waals surface area contributed by atoms with Crippen LogP contribution in [-0.2, 0) is 10.0 Å². The van der Waals surface area contributed by atoms with Crippen molar-refractivity contribution in [2.24, 2.45) is 0 Å². The van der Waals surface area contributed by atoms with Gasteiger partial charge in [0.25, 0.3) is 0 Å². The van der Waals surface area contributed by atoms with Crippen LogP contribution in [0.3, 0.4) is 0 Å². The van der Waals surface area contributed by atoms with E-state index in [9.17, 15) is 8.42 Å². The molecule has 0 fully saturated rings. The van der Waals surface area contributed by atoms with Crippen LogP contribution in [0.15, 0.2) is 71.1 Å². The molecule has 2 aromatic rings. The van der Waals surface area contributed by atoms with Gasteiger partial charge in [-0.2, -0.15) is 4.31 Å². The summed E-state index contributed by atoms with van der Waals surface area (Å²) in [5, 5.41) is 0. The van der Waals surface area contributed by atoms with Crippen LogP contribution in [0.5, 0.6) is 0 Å². The Labute approximate surface area is 144 Å². The van der Waals surface area contributed by atoms with E-state index in [0.29, 0.717) is 4.90 Å². The van der Waals surface area contributed by atoms with Crippen molar-refractivity contribution in [2.45, 2.75) is 44.2 Å². The Kier molecular flexibility index (Phi) is 4.61. The summed E-state index contributed by atoms with van der Waals surface area (Å²) in [6.07, 6.45) is 2.77. The van der Waals surface area contributed by atoms with E-state index in [0.717, 1.165) is 17.5 Å². The van der Waals surface area contributed by atoms with Gasteiger partial charge in [-0.25, -0.2) is 8.42 Å². The highest BCUT2D eigenvalue weighted by Gasteiger charge is 2.37. The highest BCUT2D eigenvalue weighted by Crippen LogP contribution is 2.38. The Morgan fingerprint density at radius 1 is 0.958 bits per heavy atom. The molecule has 0 aliphatic carbocycles. The summed E-state index contributed by atoms with van der Waals surface area (Å²) in [5.74, 6) is 0. The third-order valence-corrected chi connectivity index (χ3v) is 6.54. The van der Waals surface area contributed by atoms with E-state index < -0.39 is 10.0 Å². The van der Waals surface area contributed by atoms with Gasteiger partial charge >= 0.3 is 0 Å². The van der Waals surface area contributed by atoms with E-state index in [2.05, 4.69) is 6.92 Å². The van der Waals surface area contributed by atoms with E-state index in [1.807, 2.05) is 62.4 Å². The first-order valence-corrected chi connectivity index (χ1v) is 9.66. The predicted molar refractivity (Wildman–Crippen MR) is 97.2 cm³/mol. The molecule has 1 aliphatic heterocycles. The molecule has 24 heavy (non-hydrogen) atoms. The van der Waals surface area contributed by atoms with E-state index >= 15 is 0 Å². The lowest BCUT2D eigenvalue weighted by Crippen LogP contribution is -2.43. The fourth-order valence-corrected chi connectivity index (χ4v) is 5.14. The zero-order valence-corrected chi connectivity index (χ0v) is 15.1. The zero-order chi connectivity index (χ0) is 17.3. The van der Waals surface area contributed by atoms with Crippen LogP contribution in [-0.4, -0.2) is 18.8 Å². The number of benzene rings is 2. The van der Waals surface area contributed by atoms with Crippen molar-refractivity contribution in [3.05, 3.63) is 77.4 Å². The van der Waals surface area contributed by atoms with E-state index in [1.54, 1.807) is 16.4 Å². The van der Waals surface area contributed by atoms with Gasteiger partial charge in [-0.15, -0.1) is 0 Å². The number of sulfonamides is 1. The highest BCUT2D eigenvalue weighted by molar-refractivity contribution is 7.89. The Morgan fingerprint density at radius 3 is 2.21 bits per heavy atom. The monoisotopic (exact) mass is 341 g/mol. The maximum Gasteiger partial charge on any atom is 0.244 e. The third-order valence-electron chi connectivity index (χ3n) is 4.53. The van der Waals surface area contributed by atoms with Crippen molar-refractivity contribution in [2.75, 3.05) is 0 Å². The molecule has 0 amide bonds. The summed E-state index contributed by atoms with van der Waals surface area (Å²) in [4.78, 5) is 0.355. The molecule has 0 saturated heterocycles. The van der Waals surface area contributed by atoms with Gasteiger partial charge in [-0.05, 0) is 44.9 Å². The van der Waals surface area contributed by atoms with E-state index in [4.69, 9.17) is 0 Å². The van der Waals surface area contributed by atoms with Crippen molar-refractivity contribution >= 4 is 10.0 Å². The summed E-state index contributed by atoms with van der Waals surface area (Å²) in [5.41, 5.74) is 3.31. The van der Waals surface area contributed by atoms with Crippen LogP contribution in [0, 0.1) is 6.92 Å². The Bertz CT molecular complexity index is 839. The molecule has 0 saturated carbocycles. The van der Waals surface area contributed by atoms with Crippen molar-refractivity contribution < 1.29 is 8.42 Å². The van der Waals surface area contributed by atoms with E-state index in [-0.39, 0.29) is 12.1 Å². The predicted octanol–water partition coefficient (Wildman–Crippen LogP) is 4.47. The van der Waals surface area contributed by atoms with Crippen molar-refractivity contribution in [3.8, 4) is 0 Å². The van der Waals surface area contributed by atoms with Gasteiger partial charge in [0.05, 0.1) is 10.9 Å². The van der Waals surface area contributed by atoms with Gasteiger partial charge < -0.3 is 0 Å². The minimum atomic E-state index is -3.56. The highest BCUT2D eigenvalue weighted by atomic mass is 32.2. The molecule has 4 heteroatoms. The van der Waals surface area contributed by atoms with Crippen LogP contribution < -0.4 is 0 Å². The number of nitrogens with zero attached hydrogens (tertiary/aromatic N) is 1. The van der Waals surface area contributed by atoms with Gasteiger partial charge in [0.15, 0.2) is 0 Å². The lowest BCUT2D eigenvalue weighted by atomic mass is 9.94. The second-order valence-electron chi connectivity index (χ2n) is 6.53. The number of rotatable bonds is 3. The molecule has 0 bridgehead atoms. The molecule has 2 atom stereocenters. The van der Waals surface area contributed by atoms with Crippen LogP contribution in [0.25, 0.3) is 0 Å². The summed E-state index contributed by atoms with van der Waals surface area (Å²) in [6, 6.07) is 16.6. The molecule has 2 aromatic carbocycles. The fourth-order valence-electron chi connectivity index (χ4n) is 3.39. The molecule has 0 unspecified atom stereocenters. The van der Waals surface area contributed by atoms with Crippen LogP contribution in [0.4, 0.5) is 0 Å². The summed E-state index contributed by atoms with van der Waals surface area (Å²) in [6.45, 7) is 5.98. The average Bonchev–Trinajstić information content (AvgIpc) is 2.55. The summed E-state index contributed by atoms with van der Waals surface area (Å²) >= 11 is 0. The quantitative estimate of drug-likeness (QED) is 0.773. The smallest absolute Gasteiger partial charge is 0.207 e. The molecule has 3 nitrogen and oxygen atoms in total. The molecule has 1 heterocycles.